The van der Waals surface area contributed by atoms with Crippen LogP contribution in [-0.2, 0) is 13.2 Å². The third kappa shape index (κ3) is 4.18. The highest BCUT2D eigenvalue weighted by molar-refractivity contribution is 7.13. The zero-order valence-corrected chi connectivity index (χ0v) is 17.1. The fraction of sp³-hybridized carbons (Fsp3) is 0.100. The van der Waals surface area contributed by atoms with Crippen molar-refractivity contribution < 1.29 is 5.11 Å². The first kappa shape index (κ1) is 20.0. The van der Waals surface area contributed by atoms with Crippen molar-refractivity contribution >= 4 is 33.8 Å². The summed E-state index contributed by atoms with van der Waals surface area (Å²) in [5.41, 5.74) is 0.504. The molecule has 0 unspecified atom stereocenters. The molecule has 0 spiro atoms. The number of nitrogens with zero attached hydrogens (tertiary/aromatic N) is 4. The number of anilines is 2. The molecule has 0 atom stereocenters. The van der Waals surface area contributed by atoms with Crippen LogP contribution in [0.1, 0.15) is 11.3 Å². The molecule has 0 radical (unpaired) electrons. The lowest BCUT2D eigenvalue weighted by Crippen LogP contribution is -2.43. The minimum Gasteiger partial charge on any atom is -0.390 e. The van der Waals surface area contributed by atoms with E-state index >= 15 is 0 Å². The second kappa shape index (κ2) is 8.62. The van der Waals surface area contributed by atoms with Gasteiger partial charge >= 0.3 is 5.69 Å². The molecule has 2 heterocycles. The van der Waals surface area contributed by atoms with Gasteiger partial charge in [0.1, 0.15) is 0 Å². The Morgan fingerprint density at radius 1 is 1.13 bits per heavy atom. The zero-order chi connectivity index (χ0) is 21.1. The lowest BCUT2D eigenvalue weighted by atomic mass is 10.2. The molecule has 2 aromatic heterocycles. The number of nitrogens with one attached hydrogen (secondary N) is 1. The number of hydrogen-bond acceptors (Lipinski definition) is 7. The lowest BCUT2D eigenvalue weighted by Gasteiger charge is -2.12. The Morgan fingerprint density at radius 2 is 1.93 bits per heavy atom. The highest BCUT2D eigenvalue weighted by Crippen LogP contribution is 2.20. The molecule has 0 aliphatic heterocycles. The number of rotatable bonds is 6. The van der Waals surface area contributed by atoms with Crippen LogP contribution in [0.3, 0.4) is 0 Å². The van der Waals surface area contributed by atoms with Crippen LogP contribution in [0.4, 0.5) is 10.8 Å². The summed E-state index contributed by atoms with van der Waals surface area (Å²) in [4.78, 5) is 29.9. The van der Waals surface area contributed by atoms with Gasteiger partial charge < -0.3 is 10.4 Å². The van der Waals surface area contributed by atoms with Gasteiger partial charge in [0.25, 0.3) is 5.56 Å². The van der Waals surface area contributed by atoms with Crippen LogP contribution in [0.5, 0.6) is 0 Å². The first-order chi connectivity index (χ1) is 14.5. The SMILES string of the molecule is O=c1c(CO)nn(-c2cccc(Nc3nccs3)c2)c(=O)n1Cc1ccc(Cl)cc1. The number of aliphatic hydroxyl groups excluding tert-OH is 1. The lowest BCUT2D eigenvalue weighted by molar-refractivity contribution is 0.269. The largest absolute Gasteiger partial charge is 0.390 e. The molecular formula is C20H16ClN5O3S. The zero-order valence-electron chi connectivity index (χ0n) is 15.5. The monoisotopic (exact) mass is 441 g/mol. The Morgan fingerprint density at radius 3 is 2.63 bits per heavy atom. The van der Waals surface area contributed by atoms with Crippen molar-refractivity contribution in [2.45, 2.75) is 13.2 Å². The molecule has 152 valence electrons. The van der Waals surface area contributed by atoms with E-state index < -0.39 is 17.9 Å². The minimum absolute atomic E-state index is 0.0292. The average Bonchev–Trinajstić information content (AvgIpc) is 3.26. The van der Waals surface area contributed by atoms with E-state index in [2.05, 4.69) is 15.4 Å². The maximum absolute atomic E-state index is 13.1. The fourth-order valence-electron chi connectivity index (χ4n) is 2.87. The molecule has 0 fully saturated rings. The van der Waals surface area contributed by atoms with E-state index in [-0.39, 0.29) is 12.2 Å². The van der Waals surface area contributed by atoms with E-state index in [0.717, 1.165) is 14.8 Å². The third-order valence-electron chi connectivity index (χ3n) is 4.30. The Hall–Kier alpha value is -3.27. The van der Waals surface area contributed by atoms with E-state index in [1.54, 1.807) is 48.7 Å². The average molecular weight is 442 g/mol. The van der Waals surface area contributed by atoms with Gasteiger partial charge in [0.05, 0.1) is 18.8 Å². The highest BCUT2D eigenvalue weighted by Gasteiger charge is 2.15. The Labute approximate surface area is 179 Å². The summed E-state index contributed by atoms with van der Waals surface area (Å²) in [6, 6.07) is 13.8. The van der Waals surface area contributed by atoms with E-state index in [9.17, 15) is 14.7 Å². The van der Waals surface area contributed by atoms with Crippen molar-refractivity contribution in [1.29, 1.82) is 0 Å². The maximum atomic E-state index is 13.1. The molecule has 0 aliphatic rings. The first-order valence-electron chi connectivity index (χ1n) is 8.90. The van der Waals surface area contributed by atoms with Crippen molar-refractivity contribution in [3.63, 3.8) is 0 Å². The van der Waals surface area contributed by atoms with Crippen molar-refractivity contribution in [3.05, 3.63) is 97.2 Å². The molecule has 2 aromatic carbocycles. The van der Waals surface area contributed by atoms with Gasteiger partial charge in [0.15, 0.2) is 10.8 Å². The number of benzene rings is 2. The molecule has 4 aromatic rings. The summed E-state index contributed by atoms with van der Waals surface area (Å²) in [6.07, 6.45) is 1.68. The van der Waals surface area contributed by atoms with E-state index in [0.29, 0.717) is 21.5 Å². The predicted octanol–water partition coefficient (Wildman–Crippen LogP) is 2.79. The summed E-state index contributed by atoms with van der Waals surface area (Å²) >= 11 is 7.35. The van der Waals surface area contributed by atoms with Crippen LogP contribution in [0.25, 0.3) is 5.69 Å². The highest BCUT2D eigenvalue weighted by atomic mass is 35.5. The van der Waals surface area contributed by atoms with Gasteiger partial charge in [-0.3, -0.25) is 9.36 Å². The molecular weight excluding hydrogens is 426 g/mol. The summed E-state index contributed by atoms with van der Waals surface area (Å²) in [6.45, 7) is -0.557. The second-order valence-electron chi connectivity index (χ2n) is 6.33. The van der Waals surface area contributed by atoms with Crippen LogP contribution >= 0.6 is 22.9 Å². The number of aromatic nitrogens is 4. The summed E-state index contributed by atoms with van der Waals surface area (Å²) < 4.78 is 2.15. The van der Waals surface area contributed by atoms with Crippen molar-refractivity contribution in [1.82, 2.24) is 19.3 Å². The molecule has 2 N–H and O–H groups in total. The minimum atomic E-state index is -0.634. The molecule has 0 saturated heterocycles. The first-order valence-corrected chi connectivity index (χ1v) is 10.2. The van der Waals surface area contributed by atoms with E-state index in [1.807, 2.05) is 11.4 Å². The smallest absolute Gasteiger partial charge is 0.352 e. The Kier molecular flexibility index (Phi) is 5.75. The van der Waals surface area contributed by atoms with Crippen LogP contribution in [0, 0.1) is 0 Å². The molecule has 0 amide bonds. The molecule has 0 saturated carbocycles. The number of thiazole rings is 1. The molecule has 8 nitrogen and oxygen atoms in total. The van der Waals surface area contributed by atoms with Crippen molar-refractivity contribution in [3.8, 4) is 5.69 Å². The van der Waals surface area contributed by atoms with Crippen LogP contribution in [0.2, 0.25) is 5.02 Å². The summed E-state index contributed by atoms with van der Waals surface area (Å²) in [7, 11) is 0. The molecule has 4 rings (SSSR count). The quantitative estimate of drug-likeness (QED) is 0.477. The van der Waals surface area contributed by atoms with E-state index in [1.165, 1.54) is 11.3 Å². The molecule has 0 bridgehead atoms. The van der Waals surface area contributed by atoms with Crippen LogP contribution < -0.4 is 16.6 Å². The third-order valence-corrected chi connectivity index (χ3v) is 5.24. The fourth-order valence-corrected chi connectivity index (χ4v) is 3.54. The number of halogens is 1. The van der Waals surface area contributed by atoms with Gasteiger partial charge in [-0.15, -0.1) is 11.3 Å². The van der Waals surface area contributed by atoms with Gasteiger partial charge in [-0.1, -0.05) is 29.8 Å². The molecule has 30 heavy (non-hydrogen) atoms. The Bertz CT molecular complexity index is 1280. The van der Waals surface area contributed by atoms with Crippen molar-refractivity contribution in [2.75, 3.05) is 5.32 Å². The van der Waals surface area contributed by atoms with Gasteiger partial charge in [-0.25, -0.2) is 9.78 Å². The van der Waals surface area contributed by atoms with Crippen molar-refractivity contribution in [2.24, 2.45) is 0 Å². The Balaban J connectivity index is 1.77. The normalized spacial score (nSPS) is 10.9. The number of hydrogen-bond donors (Lipinski definition) is 2. The van der Waals surface area contributed by atoms with Crippen LogP contribution in [0.15, 0.2) is 69.7 Å². The second-order valence-corrected chi connectivity index (χ2v) is 7.66. The van der Waals surface area contributed by atoms with Gasteiger partial charge in [-0.05, 0) is 35.9 Å². The van der Waals surface area contributed by atoms with Crippen LogP contribution in [-0.4, -0.2) is 24.4 Å². The standard InChI is InChI=1S/C20H16ClN5O3S/c21-14-6-4-13(5-7-14)11-25-18(28)17(12-27)24-26(20(25)29)16-3-1-2-15(10-16)23-19-22-8-9-30-19/h1-10,27H,11-12H2,(H,22,23). The van der Waals surface area contributed by atoms with E-state index in [4.69, 9.17) is 11.6 Å². The van der Waals surface area contributed by atoms with Gasteiger partial charge in [-0.2, -0.15) is 9.78 Å². The maximum Gasteiger partial charge on any atom is 0.352 e. The molecule has 10 heteroatoms. The predicted molar refractivity (Wildman–Crippen MR) is 116 cm³/mol. The van der Waals surface area contributed by atoms with Gasteiger partial charge in [0.2, 0.25) is 0 Å². The topological polar surface area (TPSA) is 102 Å². The molecule has 0 aliphatic carbocycles. The summed E-state index contributed by atoms with van der Waals surface area (Å²) in [5, 5.41) is 19.9. The van der Waals surface area contributed by atoms with Gasteiger partial charge in [0, 0.05) is 22.3 Å². The summed E-state index contributed by atoms with van der Waals surface area (Å²) in [5.74, 6) is 0. The number of aliphatic hydroxyl groups is 1.